The molecule has 8 nitrogen and oxygen atoms in total. The summed E-state index contributed by atoms with van der Waals surface area (Å²) >= 11 is 0. The number of nitriles is 1. The second-order valence-corrected chi connectivity index (χ2v) is 6.78. The summed E-state index contributed by atoms with van der Waals surface area (Å²) in [6, 6.07) is 5.30. The Labute approximate surface area is 164 Å². The first-order valence-electron chi connectivity index (χ1n) is 8.87. The van der Waals surface area contributed by atoms with Crippen LogP contribution in [-0.4, -0.2) is 40.8 Å². The molecule has 150 valence electrons. The predicted molar refractivity (Wildman–Crippen MR) is 105 cm³/mol. The standard InChI is InChI=1S/C20H26N4O4/c1-12(2)19(23-13(3)25)20(28)24-17(10-15(22)11-21)18(27)9-6-14-4-7-16(26)8-5-14/h4-9,12,15,17,19,26H,10,22H2,1-3H3,(H,23,25)(H,24,28)/b9-6+/t15?,17?,19-/m1/s1. The molecule has 0 aliphatic heterocycles. The summed E-state index contributed by atoms with van der Waals surface area (Å²) in [7, 11) is 0. The Balaban J connectivity index is 2.96. The lowest BCUT2D eigenvalue weighted by atomic mass is 9.99. The molecule has 0 saturated carbocycles. The smallest absolute Gasteiger partial charge is 0.243 e. The Morgan fingerprint density at radius 2 is 1.82 bits per heavy atom. The normalized spacial score (nSPS) is 14.1. The van der Waals surface area contributed by atoms with Crippen molar-refractivity contribution in [2.45, 2.75) is 45.3 Å². The van der Waals surface area contributed by atoms with E-state index in [0.717, 1.165) is 0 Å². The summed E-state index contributed by atoms with van der Waals surface area (Å²) in [4.78, 5) is 36.5. The van der Waals surface area contributed by atoms with E-state index in [1.165, 1.54) is 31.2 Å². The summed E-state index contributed by atoms with van der Waals surface area (Å²) in [6.45, 7) is 4.84. The Kier molecular flexibility index (Phi) is 8.85. The molecule has 1 aromatic rings. The third kappa shape index (κ3) is 7.60. The molecule has 1 aromatic carbocycles. The van der Waals surface area contributed by atoms with Crippen LogP contribution >= 0.6 is 0 Å². The van der Waals surface area contributed by atoms with Crippen molar-refractivity contribution in [2.24, 2.45) is 11.7 Å². The number of nitrogens with zero attached hydrogens (tertiary/aromatic N) is 1. The van der Waals surface area contributed by atoms with Crippen molar-refractivity contribution in [3.05, 3.63) is 35.9 Å². The van der Waals surface area contributed by atoms with Gasteiger partial charge in [0.25, 0.3) is 0 Å². The van der Waals surface area contributed by atoms with E-state index >= 15 is 0 Å². The summed E-state index contributed by atoms with van der Waals surface area (Å²) in [5, 5.41) is 23.4. The fourth-order valence-electron chi connectivity index (χ4n) is 2.45. The molecular formula is C20H26N4O4. The van der Waals surface area contributed by atoms with E-state index < -0.39 is 29.8 Å². The number of aromatic hydroxyl groups is 1. The number of carbonyl (C=O) groups is 3. The van der Waals surface area contributed by atoms with Crippen molar-refractivity contribution in [2.75, 3.05) is 0 Å². The van der Waals surface area contributed by atoms with E-state index in [-0.39, 0.29) is 24.0 Å². The first kappa shape index (κ1) is 22.9. The molecule has 0 aliphatic carbocycles. The van der Waals surface area contributed by atoms with Gasteiger partial charge in [-0.2, -0.15) is 5.26 Å². The Morgan fingerprint density at radius 1 is 1.21 bits per heavy atom. The Hall–Kier alpha value is -3.18. The van der Waals surface area contributed by atoms with E-state index in [0.29, 0.717) is 5.56 Å². The van der Waals surface area contributed by atoms with Crippen LogP contribution in [0.4, 0.5) is 0 Å². The quantitative estimate of drug-likeness (QED) is 0.463. The number of phenolic OH excluding ortho intramolecular Hbond substituents is 1. The van der Waals surface area contributed by atoms with Gasteiger partial charge in [0, 0.05) is 13.3 Å². The van der Waals surface area contributed by atoms with E-state index in [1.54, 1.807) is 26.0 Å². The van der Waals surface area contributed by atoms with Crippen molar-refractivity contribution >= 4 is 23.7 Å². The number of hydrogen-bond donors (Lipinski definition) is 4. The fraction of sp³-hybridized carbons (Fsp3) is 0.400. The summed E-state index contributed by atoms with van der Waals surface area (Å²) in [6.07, 6.45) is 2.75. The molecule has 0 aromatic heterocycles. The molecule has 0 heterocycles. The average molecular weight is 386 g/mol. The van der Waals surface area contributed by atoms with Gasteiger partial charge in [-0.15, -0.1) is 0 Å². The van der Waals surface area contributed by atoms with Crippen LogP contribution in [0.1, 0.15) is 32.8 Å². The predicted octanol–water partition coefficient (Wildman–Crippen LogP) is 0.861. The molecule has 3 atom stereocenters. The number of benzene rings is 1. The van der Waals surface area contributed by atoms with Crippen molar-refractivity contribution < 1.29 is 19.5 Å². The second-order valence-electron chi connectivity index (χ2n) is 6.78. The molecule has 8 heteroatoms. The monoisotopic (exact) mass is 386 g/mol. The van der Waals surface area contributed by atoms with Crippen LogP contribution in [0.3, 0.4) is 0 Å². The second kappa shape index (κ2) is 10.8. The minimum absolute atomic E-state index is 0.0636. The van der Waals surface area contributed by atoms with Crippen LogP contribution in [0.25, 0.3) is 6.08 Å². The number of nitrogens with one attached hydrogen (secondary N) is 2. The maximum atomic E-state index is 12.6. The van der Waals surface area contributed by atoms with Gasteiger partial charge in [-0.1, -0.05) is 32.1 Å². The molecular weight excluding hydrogens is 360 g/mol. The van der Waals surface area contributed by atoms with Crippen molar-refractivity contribution in [1.29, 1.82) is 5.26 Å². The molecule has 5 N–H and O–H groups in total. The third-order valence-corrected chi connectivity index (χ3v) is 3.96. The van der Waals surface area contributed by atoms with E-state index in [4.69, 9.17) is 11.0 Å². The van der Waals surface area contributed by atoms with Gasteiger partial charge < -0.3 is 21.5 Å². The van der Waals surface area contributed by atoms with Crippen LogP contribution in [0.2, 0.25) is 0 Å². The summed E-state index contributed by atoms with van der Waals surface area (Å²) in [5.41, 5.74) is 6.32. The van der Waals surface area contributed by atoms with Crippen LogP contribution < -0.4 is 16.4 Å². The molecule has 0 bridgehead atoms. The zero-order valence-corrected chi connectivity index (χ0v) is 16.2. The van der Waals surface area contributed by atoms with Gasteiger partial charge in [0.2, 0.25) is 11.8 Å². The number of phenols is 1. The number of hydrogen-bond acceptors (Lipinski definition) is 6. The topological polar surface area (TPSA) is 145 Å². The maximum Gasteiger partial charge on any atom is 0.243 e. The molecule has 0 radical (unpaired) electrons. The highest BCUT2D eigenvalue weighted by molar-refractivity contribution is 6.00. The largest absolute Gasteiger partial charge is 0.508 e. The highest BCUT2D eigenvalue weighted by atomic mass is 16.3. The molecule has 0 aliphatic rings. The molecule has 2 unspecified atom stereocenters. The van der Waals surface area contributed by atoms with Gasteiger partial charge in [0.15, 0.2) is 5.78 Å². The fourth-order valence-corrected chi connectivity index (χ4v) is 2.45. The average Bonchev–Trinajstić information content (AvgIpc) is 2.64. The molecule has 0 saturated heterocycles. The van der Waals surface area contributed by atoms with Gasteiger partial charge in [0.1, 0.15) is 11.8 Å². The van der Waals surface area contributed by atoms with Gasteiger partial charge in [-0.25, -0.2) is 0 Å². The van der Waals surface area contributed by atoms with Crippen LogP contribution in [0.15, 0.2) is 30.3 Å². The molecule has 0 spiro atoms. The minimum Gasteiger partial charge on any atom is -0.508 e. The van der Waals surface area contributed by atoms with Crippen LogP contribution in [0.5, 0.6) is 5.75 Å². The van der Waals surface area contributed by atoms with Crippen molar-refractivity contribution in [1.82, 2.24) is 10.6 Å². The number of amides is 2. The van der Waals surface area contributed by atoms with E-state index in [2.05, 4.69) is 10.6 Å². The number of nitrogens with two attached hydrogens (primary N) is 1. The van der Waals surface area contributed by atoms with E-state index in [9.17, 15) is 19.5 Å². The SMILES string of the molecule is CC(=O)N[C@@H](C(=O)NC(CC(N)C#N)C(=O)/C=C/c1ccc(O)cc1)C(C)C. The highest BCUT2D eigenvalue weighted by Crippen LogP contribution is 2.11. The van der Waals surface area contributed by atoms with Crippen molar-refractivity contribution in [3.8, 4) is 11.8 Å². The Bertz CT molecular complexity index is 765. The zero-order valence-electron chi connectivity index (χ0n) is 16.2. The van der Waals surface area contributed by atoms with Crippen LogP contribution in [-0.2, 0) is 14.4 Å². The van der Waals surface area contributed by atoms with Gasteiger partial charge in [-0.3, -0.25) is 14.4 Å². The summed E-state index contributed by atoms with van der Waals surface area (Å²) in [5.74, 6) is -1.41. The minimum atomic E-state index is -1.01. The van der Waals surface area contributed by atoms with Gasteiger partial charge >= 0.3 is 0 Å². The third-order valence-electron chi connectivity index (χ3n) is 3.96. The molecule has 28 heavy (non-hydrogen) atoms. The lowest BCUT2D eigenvalue weighted by Gasteiger charge is -2.24. The maximum absolute atomic E-state index is 12.6. The zero-order chi connectivity index (χ0) is 21.3. The summed E-state index contributed by atoms with van der Waals surface area (Å²) < 4.78 is 0. The Morgan fingerprint density at radius 3 is 2.32 bits per heavy atom. The van der Waals surface area contributed by atoms with E-state index in [1.807, 2.05) is 6.07 Å². The first-order chi connectivity index (χ1) is 13.1. The highest BCUT2D eigenvalue weighted by Gasteiger charge is 2.28. The van der Waals surface area contributed by atoms with Crippen LogP contribution in [0, 0.1) is 17.2 Å². The molecule has 1 rings (SSSR count). The lowest BCUT2D eigenvalue weighted by molar-refractivity contribution is -0.131. The number of rotatable bonds is 9. The number of carbonyl (C=O) groups excluding carboxylic acids is 3. The molecule has 0 fully saturated rings. The van der Waals surface area contributed by atoms with Gasteiger partial charge in [-0.05, 0) is 29.7 Å². The van der Waals surface area contributed by atoms with Crippen molar-refractivity contribution in [3.63, 3.8) is 0 Å². The van der Waals surface area contributed by atoms with Gasteiger partial charge in [0.05, 0.1) is 18.2 Å². The molecule has 2 amide bonds. The number of ketones is 1. The first-order valence-corrected chi connectivity index (χ1v) is 8.87. The lowest BCUT2D eigenvalue weighted by Crippen LogP contribution is -2.54.